The minimum atomic E-state index is -0.715. The number of nitrogens with zero attached hydrogens (tertiary/aromatic N) is 3. The van der Waals surface area contributed by atoms with Crippen molar-refractivity contribution in [3.63, 3.8) is 0 Å². The summed E-state index contributed by atoms with van der Waals surface area (Å²) in [6.07, 6.45) is 6.24. The first-order valence-corrected chi connectivity index (χ1v) is 13.7. The van der Waals surface area contributed by atoms with E-state index in [-0.39, 0.29) is 29.6 Å². The van der Waals surface area contributed by atoms with Gasteiger partial charge in [0.05, 0.1) is 6.04 Å². The van der Waals surface area contributed by atoms with Crippen molar-refractivity contribution in [2.75, 3.05) is 20.6 Å². The van der Waals surface area contributed by atoms with Crippen LogP contribution in [0.25, 0.3) is 11.1 Å². The van der Waals surface area contributed by atoms with Crippen LogP contribution in [0.1, 0.15) is 62.4 Å². The highest BCUT2D eigenvalue weighted by Crippen LogP contribution is 2.32. The molecule has 0 aliphatic heterocycles. The Balaban J connectivity index is 1.98. The lowest BCUT2D eigenvalue weighted by Gasteiger charge is -2.25. The normalized spacial score (nSPS) is 12.9. The van der Waals surface area contributed by atoms with Crippen molar-refractivity contribution in [2.24, 2.45) is 5.92 Å². The second-order valence-electron chi connectivity index (χ2n) is 10.9. The largest absolute Gasteiger partial charge is 0.347 e. The molecule has 1 amide bonds. The zero-order chi connectivity index (χ0) is 28.7. The fourth-order valence-electron chi connectivity index (χ4n) is 4.72. The Labute approximate surface area is 236 Å². The van der Waals surface area contributed by atoms with E-state index in [1.807, 2.05) is 76.2 Å². The SMILES string of the molecule is CC(=O)C[C@H](NC(=O)[C@H](CC(C)C)n1cccc(CCN(C)C)c1=O)c1cncc(-c2c(C)cccc2Cl)c1. The molecule has 208 valence electrons. The van der Waals surface area contributed by atoms with Gasteiger partial charge in [0.2, 0.25) is 5.91 Å². The second-order valence-corrected chi connectivity index (χ2v) is 11.3. The van der Waals surface area contributed by atoms with Gasteiger partial charge < -0.3 is 14.8 Å². The number of hydrogen-bond acceptors (Lipinski definition) is 5. The molecule has 1 aromatic carbocycles. The van der Waals surface area contributed by atoms with Crippen molar-refractivity contribution in [2.45, 2.75) is 59.0 Å². The van der Waals surface area contributed by atoms with E-state index in [0.717, 1.165) is 23.2 Å². The molecule has 0 aliphatic carbocycles. The molecule has 0 saturated heterocycles. The van der Waals surface area contributed by atoms with Crippen LogP contribution in [0.3, 0.4) is 0 Å². The van der Waals surface area contributed by atoms with Gasteiger partial charge in [0.1, 0.15) is 11.8 Å². The fraction of sp³-hybridized carbons (Fsp3) is 0.419. The van der Waals surface area contributed by atoms with Crippen molar-refractivity contribution in [1.82, 2.24) is 19.8 Å². The van der Waals surface area contributed by atoms with Gasteiger partial charge in [-0.05, 0) is 76.0 Å². The summed E-state index contributed by atoms with van der Waals surface area (Å²) in [7, 11) is 3.92. The van der Waals surface area contributed by atoms with Crippen LogP contribution in [-0.4, -0.2) is 46.8 Å². The number of ketones is 1. The molecule has 2 aromatic heterocycles. The highest BCUT2D eigenvalue weighted by Gasteiger charge is 2.27. The maximum atomic E-state index is 13.8. The first-order chi connectivity index (χ1) is 18.5. The summed E-state index contributed by atoms with van der Waals surface area (Å²) in [5.74, 6) is -0.207. The smallest absolute Gasteiger partial charge is 0.254 e. The second kappa shape index (κ2) is 13.7. The van der Waals surface area contributed by atoms with Crippen molar-refractivity contribution in [1.29, 1.82) is 0 Å². The number of amides is 1. The monoisotopic (exact) mass is 550 g/mol. The van der Waals surface area contributed by atoms with Crippen LogP contribution in [0, 0.1) is 12.8 Å². The van der Waals surface area contributed by atoms with Gasteiger partial charge in [0.15, 0.2) is 0 Å². The predicted octanol–water partition coefficient (Wildman–Crippen LogP) is 5.40. The molecule has 2 heterocycles. The number of carbonyl (C=O) groups excluding carboxylic acids is 2. The maximum absolute atomic E-state index is 13.8. The van der Waals surface area contributed by atoms with E-state index >= 15 is 0 Å². The van der Waals surface area contributed by atoms with Gasteiger partial charge in [-0.1, -0.05) is 43.6 Å². The lowest BCUT2D eigenvalue weighted by atomic mass is 9.96. The molecular weight excluding hydrogens is 512 g/mol. The lowest BCUT2D eigenvalue weighted by molar-refractivity contribution is -0.126. The van der Waals surface area contributed by atoms with E-state index in [0.29, 0.717) is 29.0 Å². The standard InChI is InChI=1S/C31H39ClN4O3/c1-20(2)15-28(36-13-8-10-23(31(36)39)12-14-35(5)6)30(38)34-27(16-22(4)37)24-17-25(19-33-18-24)29-21(3)9-7-11-26(29)32/h7-11,13,17-20,27-28H,12,14-16H2,1-6H3,(H,34,38)/t27-,28-/m0/s1. The van der Waals surface area contributed by atoms with Crippen LogP contribution in [0.4, 0.5) is 0 Å². The van der Waals surface area contributed by atoms with E-state index in [2.05, 4.69) is 10.3 Å². The number of rotatable bonds is 12. The number of aromatic nitrogens is 2. The summed E-state index contributed by atoms with van der Waals surface area (Å²) in [6.45, 7) is 8.25. The third-order valence-corrected chi connectivity index (χ3v) is 7.01. The molecule has 2 atom stereocenters. The van der Waals surface area contributed by atoms with E-state index < -0.39 is 12.1 Å². The van der Waals surface area contributed by atoms with Crippen molar-refractivity contribution in [3.05, 3.63) is 87.1 Å². The molecule has 0 radical (unpaired) electrons. The molecule has 1 N–H and O–H groups in total. The average Bonchev–Trinajstić information content (AvgIpc) is 2.86. The summed E-state index contributed by atoms with van der Waals surface area (Å²) in [6, 6.07) is 9.93. The Bertz CT molecular complexity index is 1350. The molecule has 8 heteroatoms. The van der Waals surface area contributed by atoms with Gasteiger partial charge in [-0.25, -0.2) is 0 Å². The number of carbonyl (C=O) groups is 2. The molecule has 7 nitrogen and oxygen atoms in total. The van der Waals surface area contributed by atoms with Crippen LogP contribution in [-0.2, 0) is 16.0 Å². The minimum absolute atomic E-state index is 0.0668. The van der Waals surface area contributed by atoms with Gasteiger partial charge in [-0.2, -0.15) is 0 Å². The molecule has 3 rings (SSSR count). The predicted molar refractivity (Wildman–Crippen MR) is 157 cm³/mol. The van der Waals surface area contributed by atoms with Crippen molar-refractivity contribution >= 4 is 23.3 Å². The van der Waals surface area contributed by atoms with Crippen molar-refractivity contribution < 1.29 is 9.59 Å². The van der Waals surface area contributed by atoms with Gasteiger partial charge >= 0.3 is 0 Å². The Hall–Kier alpha value is -3.29. The third-order valence-electron chi connectivity index (χ3n) is 6.70. The number of nitrogens with one attached hydrogen (secondary N) is 1. The zero-order valence-electron chi connectivity index (χ0n) is 23.7. The third kappa shape index (κ3) is 8.10. The Kier molecular flexibility index (Phi) is 10.6. The molecule has 0 fully saturated rings. The summed E-state index contributed by atoms with van der Waals surface area (Å²) < 4.78 is 1.53. The first kappa shape index (κ1) is 30.3. The van der Waals surface area contributed by atoms with Crippen LogP contribution in [0.15, 0.2) is 59.8 Å². The van der Waals surface area contributed by atoms with Gasteiger partial charge in [-0.3, -0.25) is 19.4 Å². The number of Topliss-reactive ketones (excluding diaryl/α,β-unsaturated/α-hetero) is 1. The van der Waals surface area contributed by atoms with Gasteiger partial charge in [0.25, 0.3) is 5.56 Å². The Morgan fingerprint density at radius 3 is 2.51 bits per heavy atom. The van der Waals surface area contributed by atoms with E-state index in [1.54, 1.807) is 18.6 Å². The molecular formula is C31H39ClN4O3. The number of pyridine rings is 2. The molecule has 0 spiro atoms. The summed E-state index contributed by atoms with van der Waals surface area (Å²) in [5, 5.41) is 3.68. The molecule has 39 heavy (non-hydrogen) atoms. The Morgan fingerprint density at radius 1 is 1.13 bits per heavy atom. The minimum Gasteiger partial charge on any atom is -0.347 e. The summed E-state index contributed by atoms with van der Waals surface area (Å²) >= 11 is 6.50. The van der Waals surface area contributed by atoms with Crippen LogP contribution >= 0.6 is 11.6 Å². The number of halogens is 1. The fourth-order valence-corrected chi connectivity index (χ4v) is 5.05. The zero-order valence-corrected chi connectivity index (χ0v) is 24.5. The number of aryl methyl sites for hydroxylation is 1. The first-order valence-electron chi connectivity index (χ1n) is 13.3. The summed E-state index contributed by atoms with van der Waals surface area (Å²) in [5.41, 5.74) is 3.87. The number of hydrogen-bond donors (Lipinski definition) is 1. The highest BCUT2D eigenvalue weighted by molar-refractivity contribution is 6.33. The summed E-state index contributed by atoms with van der Waals surface area (Å²) in [4.78, 5) is 45.9. The van der Waals surface area contributed by atoms with Gasteiger partial charge in [-0.15, -0.1) is 0 Å². The van der Waals surface area contributed by atoms with E-state index in [1.165, 1.54) is 11.5 Å². The highest BCUT2D eigenvalue weighted by atomic mass is 35.5. The number of benzene rings is 1. The van der Waals surface area contributed by atoms with Gasteiger partial charge in [0, 0.05) is 53.3 Å². The lowest BCUT2D eigenvalue weighted by Crippen LogP contribution is -2.40. The van der Waals surface area contributed by atoms with Crippen LogP contribution < -0.4 is 10.9 Å². The maximum Gasteiger partial charge on any atom is 0.254 e. The van der Waals surface area contributed by atoms with Crippen LogP contribution in [0.2, 0.25) is 5.02 Å². The van der Waals surface area contributed by atoms with Crippen LogP contribution in [0.5, 0.6) is 0 Å². The van der Waals surface area contributed by atoms with E-state index in [4.69, 9.17) is 11.6 Å². The average molecular weight is 551 g/mol. The number of likely N-dealkylation sites (N-methyl/N-ethyl adjacent to an activating group) is 1. The quantitative estimate of drug-likeness (QED) is 0.326. The topological polar surface area (TPSA) is 84.3 Å². The molecule has 0 aliphatic rings. The molecule has 3 aromatic rings. The van der Waals surface area contributed by atoms with E-state index in [9.17, 15) is 14.4 Å². The Morgan fingerprint density at radius 2 is 1.87 bits per heavy atom. The molecule has 0 unspecified atom stereocenters. The molecule has 0 saturated carbocycles. The van der Waals surface area contributed by atoms with Crippen molar-refractivity contribution in [3.8, 4) is 11.1 Å². The molecule has 0 bridgehead atoms.